The van der Waals surface area contributed by atoms with Crippen LogP contribution in [0.3, 0.4) is 0 Å². The maximum atomic E-state index is 12.9. The highest BCUT2D eigenvalue weighted by Crippen LogP contribution is 2.40. The lowest BCUT2D eigenvalue weighted by atomic mass is 9.82. The van der Waals surface area contributed by atoms with Crippen LogP contribution < -0.4 is 16.6 Å². The summed E-state index contributed by atoms with van der Waals surface area (Å²) in [5.41, 5.74) is -1.85. The summed E-state index contributed by atoms with van der Waals surface area (Å²) < 4.78 is 43.8. The molecule has 0 radical (unpaired) electrons. The molecule has 10 heteroatoms. The lowest BCUT2D eigenvalue weighted by Gasteiger charge is -2.28. The molecule has 2 heterocycles. The minimum absolute atomic E-state index is 0.0134. The number of alkyl halides is 3. The predicted molar refractivity (Wildman–Crippen MR) is 98.4 cm³/mol. The Hall–Kier alpha value is -3.56. The molecular weight excluding hydrogens is 391 g/mol. The number of fused-ring (bicyclic) bond motifs is 1. The Balaban J connectivity index is 2.20. The molecule has 0 saturated carbocycles. The number of hydrogen-bond acceptors (Lipinski definition) is 5. The van der Waals surface area contributed by atoms with Crippen LogP contribution in [0, 0.1) is 0 Å². The van der Waals surface area contributed by atoms with Gasteiger partial charge in [0.2, 0.25) is 0 Å². The first-order valence-electron chi connectivity index (χ1n) is 8.43. The van der Waals surface area contributed by atoms with Gasteiger partial charge in [-0.2, -0.15) is 13.2 Å². The lowest BCUT2D eigenvalue weighted by Crippen LogP contribution is -2.35. The summed E-state index contributed by atoms with van der Waals surface area (Å²) in [5.74, 6) is -1.76. The molecule has 3 N–H and O–H groups in total. The average molecular weight is 407 g/mol. The van der Waals surface area contributed by atoms with Crippen molar-refractivity contribution in [2.24, 2.45) is 0 Å². The van der Waals surface area contributed by atoms with E-state index in [1.54, 1.807) is 0 Å². The molecule has 0 aliphatic carbocycles. The van der Waals surface area contributed by atoms with Gasteiger partial charge in [0.25, 0.3) is 5.56 Å². The van der Waals surface area contributed by atoms with Crippen LogP contribution in [0.25, 0.3) is 0 Å². The van der Waals surface area contributed by atoms with E-state index in [0.29, 0.717) is 0 Å². The summed E-state index contributed by atoms with van der Waals surface area (Å²) in [4.78, 5) is 41.3. The molecule has 0 amide bonds. The normalized spacial score (nSPS) is 16.1. The van der Waals surface area contributed by atoms with E-state index in [4.69, 9.17) is 4.74 Å². The van der Waals surface area contributed by atoms with E-state index >= 15 is 0 Å². The Morgan fingerprint density at radius 3 is 2.45 bits per heavy atom. The number of H-pyrrole nitrogens is 2. The number of ether oxygens (including phenoxy) is 1. The summed E-state index contributed by atoms with van der Waals surface area (Å²) in [6.07, 6.45) is -3.18. The number of aromatic amines is 2. The number of halogens is 3. The van der Waals surface area contributed by atoms with Crippen molar-refractivity contribution in [2.75, 3.05) is 11.9 Å². The van der Waals surface area contributed by atoms with Crippen LogP contribution in [0.1, 0.15) is 29.5 Å². The number of nitrogens with one attached hydrogen (secondary N) is 3. The van der Waals surface area contributed by atoms with Gasteiger partial charge in [-0.15, -0.1) is 0 Å². The topological polar surface area (TPSA) is 104 Å². The summed E-state index contributed by atoms with van der Waals surface area (Å²) in [6.45, 7) is 4.89. The van der Waals surface area contributed by atoms with Gasteiger partial charge in [-0.1, -0.05) is 24.8 Å². The third kappa shape index (κ3) is 3.86. The van der Waals surface area contributed by atoms with E-state index in [2.05, 4.69) is 21.9 Å². The molecule has 1 aliphatic rings. The number of anilines is 1. The molecule has 0 fully saturated rings. The standard InChI is InChI=1S/C19H16F3N3O4/c1-3-8-29-17(27)12-9(2)23-15-14(16(26)25-18(28)24-15)13(12)10-4-6-11(7-5-10)19(20,21)22/h3-7,13H,1,8H2,2H3,(H3,23,24,25,26,28)/t13-/m0/s1. The predicted octanol–water partition coefficient (Wildman–Crippen LogP) is 2.64. The Morgan fingerprint density at radius 1 is 1.21 bits per heavy atom. The van der Waals surface area contributed by atoms with Crippen LogP contribution in [0.4, 0.5) is 19.0 Å². The zero-order valence-electron chi connectivity index (χ0n) is 15.1. The van der Waals surface area contributed by atoms with Crippen molar-refractivity contribution in [2.45, 2.75) is 19.0 Å². The number of carbonyl (C=O) groups is 1. The molecule has 0 unspecified atom stereocenters. The van der Waals surface area contributed by atoms with Crippen molar-refractivity contribution in [3.8, 4) is 0 Å². The highest BCUT2D eigenvalue weighted by atomic mass is 19.4. The molecular formula is C19H16F3N3O4. The van der Waals surface area contributed by atoms with Crippen molar-refractivity contribution in [3.63, 3.8) is 0 Å². The summed E-state index contributed by atoms with van der Waals surface area (Å²) in [7, 11) is 0. The number of rotatable bonds is 4. The fourth-order valence-electron chi connectivity index (χ4n) is 3.17. The van der Waals surface area contributed by atoms with Gasteiger partial charge < -0.3 is 10.1 Å². The molecule has 3 rings (SSSR count). The van der Waals surface area contributed by atoms with Crippen molar-refractivity contribution in [3.05, 3.63) is 85.7 Å². The average Bonchev–Trinajstić information content (AvgIpc) is 2.64. The zero-order chi connectivity index (χ0) is 21.3. The third-order valence-corrected chi connectivity index (χ3v) is 4.40. The molecule has 152 valence electrons. The maximum absolute atomic E-state index is 12.9. The Bertz CT molecular complexity index is 1110. The Morgan fingerprint density at radius 2 is 1.86 bits per heavy atom. The van der Waals surface area contributed by atoms with Gasteiger partial charge in [0.1, 0.15) is 12.4 Å². The first kappa shape index (κ1) is 20.2. The second-order valence-electron chi connectivity index (χ2n) is 6.30. The first-order chi connectivity index (χ1) is 13.6. The SMILES string of the molecule is C=CCOC(=O)C1=C(C)Nc2[nH]c(=O)[nH]c(=O)c2[C@H]1c1ccc(C(F)(F)F)cc1. The van der Waals surface area contributed by atoms with E-state index in [1.165, 1.54) is 25.1 Å². The largest absolute Gasteiger partial charge is 0.458 e. The number of aromatic nitrogens is 2. The van der Waals surface area contributed by atoms with E-state index in [9.17, 15) is 27.6 Å². The molecule has 0 saturated heterocycles. The molecule has 29 heavy (non-hydrogen) atoms. The van der Waals surface area contributed by atoms with Crippen LogP contribution in [0.5, 0.6) is 0 Å². The molecule has 2 aromatic rings. The van der Waals surface area contributed by atoms with Gasteiger partial charge in [0, 0.05) is 5.70 Å². The minimum Gasteiger partial charge on any atom is -0.458 e. The number of allylic oxidation sites excluding steroid dienone is 1. The van der Waals surface area contributed by atoms with Crippen molar-refractivity contribution < 1.29 is 22.7 Å². The van der Waals surface area contributed by atoms with E-state index in [0.717, 1.165) is 12.1 Å². The van der Waals surface area contributed by atoms with Gasteiger partial charge in [0.15, 0.2) is 0 Å². The van der Waals surface area contributed by atoms with Gasteiger partial charge in [-0.25, -0.2) is 9.59 Å². The number of esters is 1. The van der Waals surface area contributed by atoms with Crippen molar-refractivity contribution in [1.82, 2.24) is 9.97 Å². The molecule has 0 spiro atoms. The fraction of sp³-hybridized carbons (Fsp3) is 0.211. The monoisotopic (exact) mass is 407 g/mol. The smallest absolute Gasteiger partial charge is 0.416 e. The quantitative estimate of drug-likeness (QED) is 0.534. The van der Waals surface area contributed by atoms with Crippen molar-refractivity contribution in [1.29, 1.82) is 0 Å². The van der Waals surface area contributed by atoms with Crippen molar-refractivity contribution >= 4 is 11.8 Å². The lowest BCUT2D eigenvalue weighted by molar-refractivity contribution is -0.138. The van der Waals surface area contributed by atoms with Crippen LogP contribution in [-0.2, 0) is 15.7 Å². The minimum atomic E-state index is -4.54. The molecule has 1 aliphatic heterocycles. The zero-order valence-corrected chi connectivity index (χ0v) is 15.1. The third-order valence-electron chi connectivity index (χ3n) is 4.40. The Kier molecular flexibility index (Phi) is 5.19. The van der Waals surface area contributed by atoms with E-state index in [-0.39, 0.29) is 34.8 Å². The van der Waals surface area contributed by atoms with Gasteiger partial charge >= 0.3 is 17.8 Å². The van der Waals surface area contributed by atoms with E-state index in [1.807, 2.05) is 0 Å². The van der Waals surface area contributed by atoms with Gasteiger partial charge in [-0.3, -0.25) is 14.8 Å². The van der Waals surface area contributed by atoms with Crippen LogP contribution in [-0.4, -0.2) is 22.5 Å². The second-order valence-corrected chi connectivity index (χ2v) is 6.30. The molecule has 7 nitrogen and oxygen atoms in total. The maximum Gasteiger partial charge on any atom is 0.416 e. The summed E-state index contributed by atoms with van der Waals surface area (Å²) in [5, 5.41) is 2.78. The summed E-state index contributed by atoms with van der Waals surface area (Å²) >= 11 is 0. The fourth-order valence-corrected chi connectivity index (χ4v) is 3.17. The summed E-state index contributed by atoms with van der Waals surface area (Å²) in [6, 6.07) is 4.08. The number of carbonyl (C=O) groups excluding carboxylic acids is 1. The van der Waals surface area contributed by atoms with Gasteiger partial charge in [-0.05, 0) is 24.6 Å². The van der Waals surface area contributed by atoms with Crippen LogP contribution >= 0.6 is 0 Å². The first-order valence-corrected chi connectivity index (χ1v) is 8.43. The second kappa shape index (κ2) is 7.46. The molecule has 1 atom stereocenters. The van der Waals surface area contributed by atoms with Crippen LogP contribution in [0.2, 0.25) is 0 Å². The Labute approximate surface area is 161 Å². The molecule has 1 aromatic heterocycles. The highest BCUT2D eigenvalue weighted by molar-refractivity contribution is 5.94. The molecule has 1 aromatic carbocycles. The number of benzene rings is 1. The molecule has 0 bridgehead atoms. The van der Waals surface area contributed by atoms with E-state index < -0.39 is 34.9 Å². The van der Waals surface area contributed by atoms with Crippen LogP contribution in [0.15, 0.2) is 57.8 Å². The highest BCUT2D eigenvalue weighted by Gasteiger charge is 2.37. The van der Waals surface area contributed by atoms with Gasteiger partial charge in [0.05, 0.1) is 22.6 Å². The number of hydrogen-bond donors (Lipinski definition) is 3.